The van der Waals surface area contributed by atoms with E-state index < -0.39 is 33.2 Å². The molecule has 130 valence electrons. The Labute approximate surface area is 141 Å². The highest BCUT2D eigenvalue weighted by atomic mass is 32.2. The van der Waals surface area contributed by atoms with Gasteiger partial charge in [-0.05, 0) is 17.7 Å². The van der Waals surface area contributed by atoms with Crippen LogP contribution in [0.25, 0.3) is 22.4 Å². The molecule has 0 unspecified atom stereocenters. The van der Waals surface area contributed by atoms with Crippen LogP contribution in [0.2, 0.25) is 0 Å². The monoisotopic (exact) mass is 366 g/mol. The minimum absolute atomic E-state index is 0.0130. The van der Waals surface area contributed by atoms with Crippen LogP contribution in [0.3, 0.4) is 0 Å². The van der Waals surface area contributed by atoms with E-state index >= 15 is 0 Å². The molecule has 0 saturated carbocycles. The molecule has 2 aromatic carbocycles. The normalized spacial score (nSPS) is 11.7. The third-order valence-corrected chi connectivity index (χ3v) is 4.48. The van der Waals surface area contributed by atoms with Crippen molar-refractivity contribution in [1.29, 1.82) is 0 Å². The summed E-state index contributed by atoms with van der Waals surface area (Å²) in [6.45, 7) is -0.560. The van der Waals surface area contributed by atoms with Crippen molar-refractivity contribution in [2.24, 2.45) is 5.14 Å². The van der Waals surface area contributed by atoms with E-state index in [-0.39, 0.29) is 22.6 Å². The van der Waals surface area contributed by atoms with Crippen LogP contribution in [-0.2, 0) is 16.6 Å². The molecule has 25 heavy (non-hydrogen) atoms. The van der Waals surface area contributed by atoms with Crippen LogP contribution in [0.5, 0.6) is 0 Å². The van der Waals surface area contributed by atoms with E-state index in [0.29, 0.717) is 5.56 Å². The highest BCUT2D eigenvalue weighted by Crippen LogP contribution is 2.36. The molecule has 0 spiro atoms. The van der Waals surface area contributed by atoms with Crippen LogP contribution in [0.1, 0.15) is 5.76 Å². The van der Waals surface area contributed by atoms with Gasteiger partial charge < -0.3 is 9.63 Å². The molecule has 0 aliphatic rings. The maximum absolute atomic E-state index is 14.2. The van der Waals surface area contributed by atoms with E-state index in [9.17, 15) is 22.3 Å². The van der Waals surface area contributed by atoms with Crippen molar-refractivity contribution in [3.05, 3.63) is 59.9 Å². The summed E-state index contributed by atoms with van der Waals surface area (Å²) >= 11 is 0. The summed E-state index contributed by atoms with van der Waals surface area (Å²) in [5.74, 6) is -2.70. The van der Waals surface area contributed by atoms with Gasteiger partial charge >= 0.3 is 0 Å². The van der Waals surface area contributed by atoms with Gasteiger partial charge in [0.15, 0.2) is 10.7 Å². The minimum Gasteiger partial charge on any atom is -0.388 e. The van der Waals surface area contributed by atoms with Crippen molar-refractivity contribution in [3.8, 4) is 22.4 Å². The van der Waals surface area contributed by atoms with Crippen molar-refractivity contribution < 1.29 is 26.8 Å². The van der Waals surface area contributed by atoms with Crippen LogP contribution in [-0.4, -0.2) is 18.7 Å². The van der Waals surface area contributed by atoms with Gasteiger partial charge in [-0.2, -0.15) is 0 Å². The standard InChI is InChI=1S/C16H12F2N2O4S/c17-11-6-10(7-12(18)16(11)25(19,22)23)14-13(8-21)24-20-15(14)9-4-2-1-3-5-9/h1-7,21H,8H2,(H2,19,22,23). The average Bonchev–Trinajstić information content (AvgIpc) is 2.97. The molecular weight excluding hydrogens is 354 g/mol. The van der Waals surface area contributed by atoms with Crippen LogP contribution < -0.4 is 5.14 Å². The molecule has 0 bridgehead atoms. The summed E-state index contributed by atoms with van der Waals surface area (Å²) in [5.41, 5.74) is 0.975. The van der Waals surface area contributed by atoms with Gasteiger partial charge in [0.05, 0.1) is 5.56 Å². The molecule has 0 amide bonds. The lowest BCUT2D eigenvalue weighted by Gasteiger charge is -2.08. The molecule has 1 aromatic heterocycles. The van der Waals surface area contributed by atoms with Crippen molar-refractivity contribution in [1.82, 2.24) is 5.16 Å². The topological polar surface area (TPSA) is 106 Å². The Kier molecular flexibility index (Phi) is 4.38. The number of aliphatic hydroxyl groups excluding tert-OH is 1. The molecule has 0 saturated heterocycles. The third kappa shape index (κ3) is 3.16. The first-order valence-electron chi connectivity index (χ1n) is 7.00. The molecule has 9 heteroatoms. The van der Waals surface area contributed by atoms with Gasteiger partial charge in [0.1, 0.15) is 23.9 Å². The molecule has 0 atom stereocenters. The summed E-state index contributed by atoms with van der Waals surface area (Å²) in [7, 11) is -4.57. The van der Waals surface area contributed by atoms with Gasteiger partial charge in [-0.15, -0.1) is 0 Å². The number of hydrogen-bond donors (Lipinski definition) is 2. The number of nitrogens with two attached hydrogens (primary N) is 1. The fraction of sp³-hybridized carbons (Fsp3) is 0.0625. The molecule has 1 heterocycles. The zero-order valence-electron chi connectivity index (χ0n) is 12.6. The van der Waals surface area contributed by atoms with Crippen LogP contribution in [0.15, 0.2) is 51.9 Å². The molecule has 0 aliphatic heterocycles. The first kappa shape index (κ1) is 17.2. The van der Waals surface area contributed by atoms with E-state index in [1.54, 1.807) is 30.3 Å². The summed E-state index contributed by atoms with van der Waals surface area (Å²) in [6, 6.07) is 10.3. The molecule has 0 fully saturated rings. The summed E-state index contributed by atoms with van der Waals surface area (Å²) in [6.07, 6.45) is 0. The van der Waals surface area contributed by atoms with E-state index in [1.165, 1.54) is 0 Å². The van der Waals surface area contributed by atoms with Crippen molar-refractivity contribution in [3.63, 3.8) is 0 Å². The van der Waals surface area contributed by atoms with E-state index in [4.69, 9.17) is 9.66 Å². The molecule has 3 aromatic rings. The fourth-order valence-corrected chi connectivity index (χ4v) is 3.16. The predicted octanol–water partition coefficient (Wildman–Crippen LogP) is 2.43. The predicted molar refractivity (Wildman–Crippen MR) is 84.6 cm³/mol. The number of aromatic nitrogens is 1. The minimum atomic E-state index is -4.57. The number of primary sulfonamides is 1. The smallest absolute Gasteiger partial charge is 0.243 e. The number of halogens is 2. The second-order valence-electron chi connectivity index (χ2n) is 5.17. The van der Waals surface area contributed by atoms with E-state index in [0.717, 1.165) is 12.1 Å². The van der Waals surface area contributed by atoms with Gasteiger partial charge in [-0.1, -0.05) is 35.5 Å². The largest absolute Gasteiger partial charge is 0.388 e. The fourth-order valence-electron chi connectivity index (χ4n) is 2.50. The number of nitrogens with zero attached hydrogens (tertiary/aromatic N) is 1. The first-order valence-corrected chi connectivity index (χ1v) is 8.54. The first-order chi connectivity index (χ1) is 11.8. The lowest BCUT2D eigenvalue weighted by atomic mass is 9.99. The van der Waals surface area contributed by atoms with Crippen molar-refractivity contribution in [2.75, 3.05) is 0 Å². The lowest BCUT2D eigenvalue weighted by molar-refractivity contribution is 0.230. The quantitative estimate of drug-likeness (QED) is 0.738. The molecule has 6 nitrogen and oxygen atoms in total. The Morgan fingerprint density at radius 1 is 1.08 bits per heavy atom. The number of rotatable bonds is 4. The summed E-state index contributed by atoms with van der Waals surface area (Å²) < 4.78 is 56.0. The second-order valence-corrected chi connectivity index (χ2v) is 6.67. The van der Waals surface area contributed by atoms with Crippen LogP contribution in [0.4, 0.5) is 8.78 Å². The molecule has 3 N–H and O–H groups in total. The summed E-state index contributed by atoms with van der Waals surface area (Å²) in [4.78, 5) is -1.22. The maximum atomic E-state index is 14.2. The van der Waals surface area contributed by atoms with Crippen molar-refractivity contribution >= 4 is 10.0 Å². The molecule has 0 aliphatic carbocycles. The Morgan fingerprint density at radius 3 is 2.20 bits per heavy atom. The Balaban J connectivity index is 2.26. The number of sulfonamides is 1. The Hall–Kier alpha value is -2.62. The van der Waals surface area contributed by atoms with E-state index in [1.807, 2.05) is 0 Å². The van der Waals surface area contributed by atoms with Gasteiger partial charge in [0, 0.05) is 5.56 Å². The molecular formula is C16H12F2N2O4S. The number of aliphatic hydroxyl groups is 1. The Morgan fingerprint density at radius 2 is 1.68 bits per heavy atom. The van der Waals surface area contributed by atoms with Crippen LogP contribution in [0, 0.1) is 11.6 Å². The zero-order chi connectivity index (χ0) is 18.2. The molecule has 0 radical (unpaired) electrons. The van der Waals surface area contributed by atoms with Crippen LogP contribution >= 0.6 is 0 Å². The Bertz CT molecular complexity index is 1010. The van der Waals surface area contributed by atoms with Gasteiger partial charge in [0.25, 0.3) is 0 Å². The summed E-state index contributed by atoms with van der Waals surface area (Å²) in [5, 5.41) is 18.1. The van der Waals surface area contributed by atoms with Crippen molar-refractivity contribution in [2.45, 2.75) is 11.5 Å². The SMILES string of the molecule is NS(=O)(=O)c1c(F)cc(-c2c(-c3ccccc3)noc2CO)cc1F. The lowest BCUT2D eigenvalue weighted by Crippen LogP contribution is -2.16. The van der Waals surface area contributed by atoms with Gasteiger partial charge in [0.2, 0.25) is 10.0 Å². The van der Waals surface area contributed by atoms with E-state index in [2.05, 4.69) is 5.16 Å². The highest BCUT2D eigenvalue weighted by Gasteiger charge is 2.25. The third-order valence-electron chi connectivity index (χ3n) is 3.53. The number of hydrogen-bond acceptors (Lipinski definition) is 5. The highest BCUT2D eigenvalue weighted by molar-refractivity contribution is 7.89. The van der Waals surface area contributed by atoms with Gasteiger partial charge in [-0.25, -0.2) is 22.3 Å². The maximum Gasteiger partial charge on any atom is 0.243 e. The second kappa shape index (κ2) is 6.36. The zero-order valence-corrected chi connectivity index (χ0v) is 13.4. The van der Waals surface area contributed by atoms with Gasteiger partial charge in [-0.3, -0.25) is 0 Å². The number of benzene rings is 2. The average molecular weight is 366 g/mol. The molecule has 3 rings (SSSR count).